The van der Waals surface area contributed by atoms with Crippen LogP contribution in [0.2, 0.25) is 0 Å². The summed E-state index contributed by atoms with van der Waals surface area (Å²) in [6, 6.07) is 2.53. The van der Waals surface area contributed by atoms with Crippen LogP contribution in [0.5, 0.6) is 0 Å². The Labute approximate surface area is 77.2 Å². The molecule has 0 saturated heterocycles. The van der Waals surface area contributed by atoms with Crippen molar-refractivity contribution in [3.8, 4) is 0 Å². The van der Waals surface area contributed by atoms with Gasteiger partial charge in [0.2, 0.25) is 0 Å². The molecule has 1 aromatic rings. The lowest BCUT2D eigenvalue weighted by atomic mass is 10.2. The van der Waals surface area contributed by atoms with Crippen LogP contribution in [0.1, 0.15) is 24.9 Å². The molecule has 68 valence electrons. The Kier molecular flexibility index (Phi) is 4.29. The maximum Gasteiger partial charge on any atom is 0.0443 e. The summed E-state index contributed by atoms with van der Waals surface area (Å²) in [7, 11) is 0. The molecule has 0 saturated carbocycles. The van der Waals surface area contributed by atoms with Gasteiger partial charge in [0.15, 0.2) is 0 Å². The summed E-state index contributed by atoms with van der Waals surface area (Å²) in [5.74, 6) is 0. The van der Waals surface area contributed by atoms with Crippen molar-refractivity contribution in [1.29, 1.82) is 0 Å². The second-order valence-corrected chi connectivity index (χ2v) is 3.59. The van der Waals surface area contributed by atoms with Crippen molar-refractivity contribution in [3.63, 3.8) is 0 Å². The lowest BCUT2D eigenvalue weighted by molar-refractivity contribution is 0.284. The van der Waals surface area contributed by atoms with E-state index in [1.165, 1.54) is 5.56 Å². The zero-order valence-electron chi connectivity index (χ0n) is 7.29. The van der Waals surface area contributed by atoms with E-state index in [-0.39, 0.29) is 6.61 Å². The van der Waals surface area contributed by atoms with Gasteiger partial charge in [-0.1, -0.05) is 0 Å². The summed E-state index contributed by atoms with van der Waals surface area (Å²) < 4.78 is 0. The van der Waals surface area contributed by atoms with Crippen LogP contribution < -0.4 is 5.32 Å². The third-order valence-electron chi connectivity index (χ3n) is 1.83. The van der Waals surface area contributed by atoms with E-state index in [1.54, 1.807) is 11.3 Å². The van der Waals surface area contributed by atoms with E-state index in [0.717, 1.165) is 13.0 Å². The normalized spacial score (nSPS) is 13.2. The van der Waals surface area contributed by atoms with Crippen molar-refractivity contribution in [2.75, 3.05) is 13.2 Å². The van der Waals surface area contributed by atoms with Crippen LogP contribution >= 0.6 is 11.3 Å². The number of aliphatic hydroxyl groups excluding tert-OH is 1. The molecular weight excluding hydrogens is 170 g/mol. The molecule has 0 spiro atoms. The molecular formula is C9H15NOS. The molecule has 1 atom stereocenters. The van der Waals surface area contributed by atoms with E-state index in [4.69, 9.17) is 5.11 Å². The van der Waals surface area contributed by atoms with Gasteiger partial charge >= 0.3 is 0 Å². The monoisotopic (exact) mass is 185 g/mol. The van der Waals surface area contributed by atoms with Gasteiger partial charge in [0.1, 0.15) is 0 Å². The molecule has 0 aromatic carbocycles. The van der Waals surface area contributed by atoms with Crippen LogP contribution in [0.3, 0.4) is 0 Å². The molecule has 0 amide bonds. The average molecular weight is 185 g/mol. The second-order valence-electron chi connectivity index (χ2n) is 2.81. The first-order chi connectivity index (χ1) is 5.84. The summed E-state index contributed by atoms with van der Waals surface area (Å²) in [6.45, 7) is 3.29. The zero-order valence-corrected chi connectivity index (χ0v) is 8.10. The smallest absolute Gasteiger partial charge is 0.0443 e. The number of nitrogens with one attached hydrogen (secondary N) is 1. The maximum atomic E-state index is 8.57. The van der Waals surface area contributed by atoms with Crippen molar-refractivity contribution in [2.45, 2.75) is 19.4 Å². The van der Waals surface area contributed by atoms with E-state index in [9.17, 15) is 0 Å². The summed E-state index contributed by atoms with van der Waals surface area (Å²) in [6.07, 6.45) is 0.828. The molecule has 12 heavy (non-hydrogen) atoms. The van der Waals surface area contributed by atoms with Crippen molar-refractivity contribution in [2.24, 2.45) is 0 Å². The molecule has 1 rings (SSSR count). The van der Waals surface area contributed by atoms with Crippen LogP contribution in [0, 0.1) is 0 Å². The van der Waals surface area contributed by atoms with E-state index in [1.807, 2.05) is 0 Å². The van der Waals surface area contributed by atoms with Crippen molar-refractivity contribution in [3.05, 3.63) is 22.4 Å². The van der Waals surface area contributed by atoms with Gasteiger partial charge in [0.25, 0.3) is 0 Å². The molecule has 0 aliphatic heterocycles. The topological polar surface area (TPSA) is 32.3 Å². The highest BCUT2D eigenvalue weighted by Gasteiger charge is 2.02. The molecule has 1 unspecified atom stereocenters. The summed E-state index contributed by atoms with van der Waals surface area (Å²) in [5, 5.41) is 16.1. The van der Waals surface area contributed by atoms with Gasteiger partial charge in [-0.2, -0.15) is 11.3 Å². The third kappa shape index (κ3) is 2.93. The third-order valence-corrected chi connectivity index (χ3v) is 2.53. The fourth-order valence-corrected chi connectivity index (χ4v) is 1.79. The van der Waals surface area contributed by atoms with Crippen LogP contribution in [-0.4, -0.2) is 18.3 Å². The SMILES string of the molecule is CC(NCCCO)c1ccsc1. The molecule has 0 aliphatic carbocycles. The number of hydrogen-bond donors (Lipinski definition) is 2. The van der Waals surface area contributed by atoms with Crippen molar-refractivity contribution >= 4 is 11.3 Å². The Balaban J connectivity index is 2.25. The molecule has 2 N–H and O–H groups in total. The Morgan fingerprint density at radius 2 is 2.50 bits per heavy atom. The molecule has 2 nitrogen and oxygen atoms in total. The Morgan fingerprint density at radius 1 is 1.67 bits per heavy atom. The van der Waals surface area contributed by atoms with E-state index in [0.29, 0.717) is 6.04 Å². The number of hydrogen-bond acceptors (Lipinski definition) is 3. The first kappa shape index (κ1) is 9.71. The predicted octanol–water partition coefficient (Wildman–Crippen LogP) is 1.78. The minimum atomic E-state index is 0.267. The van der Waals surface area contributed by atoms with Crippen LogP contribution in [-0.2, 0) is 0 Å². The van der Waals surface area contributed by atoms with Gasteiger partial charge in [-0.3, -0.25) is 0 Å². The standard InChI is InChI=1S/C9H15NOS/c1-8(10-4-2-5-11)9-3-6-12-7-9/h3,6-8,10-11H,2,4-5H2,1H3. The van der Waals surface area contributed by atoms with Gasteiger partial charge < -0.3 is 10.4 Å². The lowest BCUT2D eigenvalue weighted by Crippen LogP contribution is -2.19. The van der Waals surface area contributed by atoms with Gasteiger partial charge in [0, 0.05) is 12.6 Å². The second kappa shape index (κ2) is 5.30. The minimum Gasteiger partial charge on any atom is -0.396 e. The fraction of sp³-hybridized carbons (Fsp3) is 0.556. The Morgan fingerprint density at radius 3 is 3.08 bits per heavy atom. The number of aliphatic hydroxyl groups is 1. The van der Waals surface area contributed by atoms with Crippen LogP contribution in [0.15, 0.2) is 16.8 Å². The largest absolute Gasteiger partial charge is 0.396 e. The van der Waals surface area contributed by atoms with Crippen molar-refractivity contribution < 1.29 is 5.11 Å². The number of rotatable bonds is 5. The van der Waals surface area contributed by atoms with Gasteiger partial charge in [0.05, 0.1) is 0 Å². The quantitative estimate of drug-likeness (QED) is 0.685. The first-order valence-corrected chi connectivity index (χ1v) is 5.15. The minimum absolute atomic E-state index is 0.267. The van der Waals surface area contributed by atoms with E-state index in [2.05, 4.69) is 29.1 Å². The van der Waals surface area contributed by atoms with Crippen molar-refractivity contribution in [1.82, 2.24) is 5.32 Å². The highest BCUT2D eigenvalue weighted by atomic mass is 32.1. The van der Waals surface area contributed by atoms with Crippen LogP contribution in [0.4, 0.5) is 0 Å². The maximum absolute atomic E-state index is 8.57. The van der Waals surface area contributed by atoms with Gasteiger partial charge in [-0.15, -0.1) is 0 Å². The molecule has 0 fully saturated rings. The lowest BCUT2D eigenvalue weighted by Gasteiger charge is -2.11. The van der Waals surface area contributed by atoms with E-state index >= 15 is 0 Å². The summed E-state index contributed by atoms with van der Waals surface area (Å²) >= 11 is 1.72. The first-order valence-electron chi connectivity index (χ1n) is 4.21. The molecule has 0 radical (unpaired) electrons. The summed E-state index contributed by atoms with van der Waals surface area (Å²) in [4.78, 5) is 0. The van der Waals surface area contributed by atoms with Gasteiger partial charge in [-0.25, -0.2) is 0 Å². The zero-order chi connectivity index (χ0) is 8.81. The van der Waals surface area contributed by atoms with E-state index < -0.39 is 0 Å². The molecule has 1 aromatic heterocycles. The predicted molar refractivity (Wildman–Crippen MR) is 52.4 cm³/mol. The molecule has 0 aliphatic rings. The Hall–Kier alpha value is -0.380. The average Bonchev–Trinajstić information content (AvgIpc) is 2.56. The highest BCUT2D eigenvalue weighted by molar-refractivity contribution is 7.07. The van der Waals surface area contributed by atoms with Crippen LogP contribution in [0.25, 0.3) is 0 Å². The molecule has 3 heteroatoms. The number of thiophene rings is 1. The van der Waals surface area contributed by atoms with Gasteiger partial charge in [-0.05, 0) is 42.3 Å². The highest BCUT2D eigenvalue weighted by Crippen LogP contribution is 2.14. The molecule has 1 heterocycles. The fourth-order valence-electron chi connectivity index (χ4n) is 1.04. The Bertz CT molecular complexity index is 198. The molecule has 0 bridgehead atoms. The summed E-state index contributed by atoms with van der Waals surface area (Å²) in [5.41, 5.74) is 1.33.